The standard InChI is InChI=1S/C16H23N3OS/c1-20-11-8-17-12-13-6-9-19(10-7-13)16-14-4-2-3-5-15(14)18-21-16/h2-5,13,17H,6-12H2,1H3. The lowest BCUT2D eigenvalue weighted by Crippen LogP contribution is -2.37. The van der Waals surface area contributed by atoms with Crippen molar-refractivity contribution in [1.29, 1.82) is 0 Å². The molecule has 21 heavy (non-hydrogen) atoms. The number of ether oxygens (including phenoxy) is 1. The second-order valence-corrected chi connectivity index (χ2v) is 6.38. The Morgan fingerprint density at radius 1 is 1.33 bits per heavy atom. The normalized spacial score (nSPS) is 16.7. The number of aromatic nitrogens is 1. The van der Waals surface area contributed by atoms with Crippen LogP contribution in [0.5, 0.6) is 0 Å². The van der Waals surface area contributed by atoms with Gasteiger partial charge in [-0.2, -0.15) is 4.37 Å². The molecule has 1 aliphatic heterocycles. The van der Waals surface area contributed by atoms with Crippen LogP contribution in [0.3, 0.4) is 0 Å². The molecule has 1 fully saturated rings. The number of anilines is 1. The van der Waals surface area contributed by atoms with Crippen molar-refractivity contribution < 1.29 is 4.74 Å². The van der Waals surface area contributed by atoms with E-state index in [1.807, 2.05) is 0 Å². The predicted octanol–water partition coefficient (Wildman–Crippen LogP) is 2.75. The highest BCUT2D eigenvalue weighted by Crippen LogP contribution is 2.33. The Labute approximate surface area is 130 Å². The summed E-state index contributed by atoms with van der Waals surface area (Å²) in [6.45, 7) is 5.15. The van der Waals surface area contributed by atoms with E-state index in [0.717, 1.165) is 44.2 Å². The fraction of sp³-hybridized carbons (Fsp3) is 0.562. The Hall–Kier alpha value is -1.17. The molecule has 4 nitrogen and oxygen atoms in total. The lowest BCUT2D eigenvalue weighted by Gasteiger charge is -2.32. The highest BCUT2D eigenvalue weighted by Gasteiger charge is 2.21. The zero-order chi connectivity index (χ0) is 14.5. The van der Waals surface area contributed by atoms with E-state index in [1.54, 1.807) is 18.6 Å². The molecule has 0 amide bonds. The van der Waals surface area contributed by atoms with Crippen LogP contribution in [0, 0.1) is 5.92 Å². The number of methoxy groups -OCH3 is 1. The monoisotopic (exact) mass is 305 g/mol. The van der Waals surface area contributed by atoms with E-state index < -0.39 is 0 Å². The van der Waals surface area contributed by atoms with Crippen molar-refractivity contribution in [3.8, 4) is 0 Å². The van der Waals surface area contributed by atoms with Crippen LogP contribution in [0.4, 0.5) is 5.00 Å². The maximum atomic E-state index is 5.06. The van der Waals surface area contributed by atoms with E-state index in [-0.39, 0.29) is 0 Å². The van der Waals surface area contributed by atoms with Crippen LogP contribution in [0.15, 0.2) is 24.3 Å². The van der Waals surface area contributed by atoms with Crippen LogP contribution in [-0.4, -0.2) is 44.3 Å². The maximum Gasteiger partial charge on any atom is 0.119 e. The van der Waals surface area contributed by atoms with Gasteiger partial charge in [0, 0.05) is 32.1 Å². The average Bonchev–Trinajstić information content (AvgIpc) is 2.96. The van der Waals surface area contributed by atoms with E-state index >= 15 is 0 Å². The molecule has 1 saturated heterocycles. The first-order valence-electron chi connectivity index (χ1n) is 7.67. The van der Waals surface area contributed by atoms with Gasteiger partial charge in [0.15, 0.2) is 0 Å². The van der Waals surface area contributed by atoms with Crippen molar-refractivity contribution in [3.63, 3.8) is 0 Å². The molecule has 0 radical (unpaired) electrons. The third-order valence-corrected chi connectivity index (χ3v) is 5.12. The van der Waals surface area contributed by atoms with Crippen LogP contribution in [0.2, 0.25) is 0 Å². The highest BCUT2D eigenvalue weighted by molar-refractivity contribution is 7.11. The van der Waals surface area contributed by atoms with Gasteiger partial charge >= 0.3 is 0 Å². The fourth-order valence-electron chi connectivity index (χ4n) is 2.92. The quantitative estimate of drug-likeness (QED) is 0.833. The van der Waals surface area contributed by atoms with Gasteiger partial charge in [0.2, 0.25) is 0 Å². The largest absolute Gasteiger partial charge is 0.383 e. The van der Waals surface area contributed by atoms with E-state index in [9.17, 15) is 0 Å². The van der Waals surface area contributed by atoms with E-state index in [0.29, 0.717) is 0 Å². The topological polar surface area (TPSA) is 37.4 Å². The van der Waals surface area contributed by atoms with Crippen molar-refractivity contribution in [2.24, 2.45) is 5.92 Å². The lowest BCUT2D eigenvalue weighted by atomic mass is 9.97. The maximum absolute atomic E-state index is 5.06. The van der Waals surface area contributed by atoms with E-state index in [4.69, 9.17) is 4.74 Å². The summed E-state index contributed by atoms with van der Waals surface area (Å²) < 4.78 is 9.62. The highest BCUT2D eigenvalue weighted by atomic mass is 32.1. The minimum Gasteiger partial charge on any atom is -0.383 e. The Morgan fingerprint density at radius 3 is 2.95 bits per heavy atom. The molecule has 114 valence electrons. The minimum atomic E-state index is 0.789. The number of hydrogen-bond donors (Lipinski definition) is 1. The van der Waals surface area contributed by atoms with Crippen molar-refractivity contribution in [2.45, 2.75) is 12.8 Å². The van der Waals surface area contributed by atoms with Crippen LogP contribution in [-0.2, 0) is 4.74 Å². The van der Waals surface area contributed by atoms with Gasteiger partial charge in [0.25, 0.3) is 0 Å². The molecule has 0 spiro atoms. The molecule has 2 heterocycles. The molecule has 0 aliphatic carbocycles. The molecule has 1 aliphatic rings. The number of piperidine rings is 1. The van der Waals surface area contributed by atoms with Crippen molar-refractivity contribution >= 4 is 27.4 Å². The summed E-state index contributed by atoms with van der Waals surface area (Å²) in [7, 11) is 1.75. The molecule has 5 heteroatoms. The zero-order valence-electron chi connectivity index (χ0n) is 12.5. The first kappa shape index (κ1) is 14.8. The number of nitrogens with one attached hydrogen (secondary N) is 1. The minimum absolute atomic E-state index is 0.789. The van der Waals surface area contributed by atoms with Gasteiger partial charge in [-0.25, -0.2) is 0 Å². The average molecular weight is 305 g/mol. The molecule has 3 rings (SSSR count). The van der Waals surface area contributed by atoms with Gasteiger partial charge < -0.3 is 15.0 Å². The summed E-state index contributed by atoms with van der Waals surface area (Å²) in [6.07, 6.45) is 2.51. The Kier molecular flexibility index (Phi) is 5.06. The molecule has 0 unspecified atom stereocenters. The first-order valence-corrected chi connectivity index (χ1v) is 8.45. The first-order chi connectivity index (χ1) is 10.4. The summed E-state index contributed by atoms with van der Waals surface area (Å²) in [5.74, 6) is 0.789. The molecule has 2 aromatic rings. The Bertz CT molecular complexity index is 563. The second-order valence-electron chi connectivity index (χ2n) is 5.63. The van der Waals surface area contributed by atoms with Gasteiger partial charge in [-0.15, -0.1) is 0 Å². The Balaban J connectivity index is 1.54. The number of rotatable bonds is 6. The van der Waals surface area contributed by atoms with E-state index in [2.05, 4.69) is 38.9 Å². The number of benzene rings is 1. The summed E-state index contributed by atoms with van der Waals surface area (Å²) in [5, 5.41) is 6.13. The fourth-order valence-corrected chi connectivity index (χ4v) is 3.84. The van der Waals surface area contributed by atoms with Gasteiger partial charge in [-0.1, -0.05) is 12.1 Å². The van der Waals surface area contributed by atoms with Crippen molar-refractivity contribution in [3.05, 3.63) is 24.3 Å². The Morgan fingerprint density at radius 2 is 2.14 bits per heavy atom. The molecule has 1 N–H and O–H groups in total. The molecule has 0 atom stereocenters. The van der Waals surface area contributed by atoms with Gasteiger partial charge in [-0.3, -0.25) is 0 Å². The molecule has 0 saturated carbocycles. The second kappa shape index (κ2) is 7.20. The van der Waals surface area contributed by atoms with Crippen LogP contribution in [0.1, 0.15) is 12.8 Å². The third-order valence-electron chi connectivity index (χ3n) is 4.18. The van der Waals surface area contributed by atoms with Crippen LogP contribution < -0.4 is 10.2 Å². The smallest absolute Gasteiger partial charge is 0.119 e. The van der Waals surface area contributed by atoms with Gasteiger partial charge in [-0.05, 0) is 49.0 Å². The lowest BCUT2D eigenvalue weighted by molar-refractivity contribution is 0.197. The van der Waals surface area contributed by atoms with Crippen LogP contribution >= 0.6 is 11.5 Å². The van der Waals surface area contributed by atoms with Crippen molar-refractivity contribution in [1.82, 2.24) is 9.69 Å². The van der Waals surface area contributed by atoms with Crippen LogP contribution in [0.25, 0.3) is 10.9 Å². The van der Waals surface area contributed by atoms with E-state index in [1.165, 1.54) is 23.2 Å². The summed E-state index contributed by atoms with van der Waals surface area (Å²) in [6, 6.07) is 8.45. The summed E-state index contributed by atoms with van der Waals surface area (Å²) >= 11 is 1.64. The molecule has 1 aromatic carbocycles. The predicted molar refractivity (Wildman–Crippen MR) is 89.3 cm³/mol. The SMILES string of the molecule is COCCNCC1CCN(c2snc3ccccc23)CC1. The number of hydrogen-bond acceptors (Lipinski definition) is 5. The molecular weight excluding hydrogens is 282 g/mol. The molecule has 1 aromatic heterocycles. The zero-order valence-corrected chi connectivity index (χ0v) is 13.4. The number of nitrogens with zero attached hydrogens (tertiary/aromatic N) is 2. The number of fused-ring (bicyclic) bond motifs is 1. The molecular formula is C16H23N3OS. The van der Waals surface area contributed by atoms with Gasteiger partial charge in [0.1, 0.15) is 5.00 Å². The summed E-state index contributed by atoms with van der Waals surface area (Å²) in [4.78, 5) is 2.51. The summed E-state index contributed by atoms with van der Waals surface area (Å²) in [5.41, 5.74) is 1.13. The molecule has 0 bridgehead atoms. The van der Waals surface area contributed by atoms with Gasteiger partial charge in [0.05, 0.1) is 12.1 Å². The third kappa shape index (κ3) is 3.54. The van der Waals surface area contributed by atoms with Crippen molar-refractivity contribution in [2.75, 3.05) is 44.8 Å².